The minimum atomic E-state index is -0.992. The first-order valence-corrected chi connectivity index (χ1v) is 5.84. The Labute approximate surface area is 80.1 Å². The Morgan fingerprint density at radius 1 is 1.46 bits per heavy atom. The van der Waals surface area contributed by atoms with E-state index in [4.69, 9.17) is 0 Å². The molecule has 1 N–H and O–H groups in total. The van der Waals surface area contributed by atoms with Crippen molar-refractivity contribution in [3.8, 4) is 0 Å². The van der Waals surface area contributed by atoms with Crippen LogP contribution in [0.5, 0.6) is 0 Å². The second-order valence-corrected chi connectivity index (χ2v) is 5.38. The Kier molecular flexibility index (Phi) is 2.15. The van der Waals surface area contributed by atoms with Gasteiger partial charge in [-0.1, -0.05) is 0 Å². The second kappa shape index (κ2) is 3.06. The quantitative estimate of drug-likeness (QED) is 0.564. The van der Waals surface area contributed by atoms with Gasteiger partial charge in [0.05, 0.1) is 10.8 Å². The molecule has 4 nitrogen and oxygen atoms in total. The number of carbonyl (C=O) groups excluding carboxylic acids is 1. The molecular weight excluding hydrogens is 188 g/mol. The molecular formula is C8H14N2O2S. The van der Waals surface area contributed by atoms with Gasteiger partial charge in [-0.2, -0.15) is 0 Å². The van der Waals surface area contributed by atoms with E-state index in [-0.39, 0.29) is 16.5 Å². The summed E-state index contributed by atoms with van der Waals surface area (Å²) in [4.78, 5) is 12.7. The lowest BCUT2D eigenvalue weighted by Gasteiger charge is -2.37. The standard InChI is InChI=1S/C8H14N2O2S/c1-10-7(11)6-13(12)8(10)2-4-9-5-3-8/h9H,2-6H2,1H3/t13-/m1/s1. The maximum Gasteiger partial charge on any atom is 0.236 e. The minimum absolute atomic E-state index is 0.0280. The molecule has 1 amide bonds. The number of carbonyl (C=O) groups is 1. The van der Waals surface area contributed by atoms with Crippen LogP contribution in [0.15, 0.2) is 0 Å². The zero-order valence-electron chi connectivity index (χ0n) is 7.71. The van der Waals surface area contributed by atoms with Gasteiger partial charge in [0.2, 0.25) is 5.91 Å². The van der Waals surface area contributed by atoms with Crippen molar-refractivity contribution in [1.82, 2.24) is 10.2 Å². The molecule has 0 aliphatic carbocycles. The number of hydrogen-bond acceptors (Lipinski definition) is 3. The Hall–Kier alpha value is -0.420. The molecule has 2 aliphatic rings. The van der Waals surface area contributed by atoms with E-state index in [0.717, 1.165) is 25.9 Å². The number of piperidine rings is 1. The van der Waals surface area contributed by atoms with Crippen LogP contribution in [-0.2, 0) is 15.6 Å². The van der Waals surface area contributed by atoms with E-state index in [1.807, 2.05) is 0 Å². The highest BCUT2D eigenvalue weighted by atomic mass is 32.2. The van der Waals surface area contributed by atoms with Crippen molar-refractivity contribution in [2.45, 2.75) is 17.7 Å². The van der Waals surface area contributed by atoms with Crippen LogP contribution in [0.2, 0.25) is 0 Å². The van der Waals surface area contributed by atoms with E-state index < -0.39 is 10.8 Å². The predicted octanol–water partition coefficient (Wildman–Crippen LogP) is -0.713. The van der Waals surface area contributed by atoms with Crippen LogP contribution in [0.3, 0.4) is 0 Å². The summed E-state index contributed by atoms with van der Waals surface area (Å²) >= 11 is 0. The first-order chi connectivity index (χ1) is 6.17. The molecule has 0 saturated carbocycles. The third-order valence-corrected chi connectivity index (χ3v) is 5.09. The summed E-state index contributed by atoms with van der Waals surface area (Å²) in [5.41, 5.74) is 0. The van der Waals surface area contributed by atoms with E-state index in [9.17, 15) is 9.00 Å². The average molecular weight is 202 g/mol. The largest absolute Gasteiger partial charge is 0.328 e. The zero-order valence-corrected chi connectivity index (χ0v) is 8.52. The Bertz CT molecular complexity index is 261. The summed E-state index contributed by atoms with van der Waals surface area (Å²) in [5.74, 6) is 0.247. The van der Waals surface area contributed by atoms with E-state index >= 15 is 0 Å². The van der Waals surface area contributed by atoms with Crippen LogP contribution < -0.4 is 5.32 Å². The molecule has 0 bridgehead atoms. The fourth-order valence-corrected chi connectivity index (χ4v) is 3.86. The smallest absolute Gasteiger partial charge is 0.236 e. The SMILES string of the molecule is CN1C(=O)C[S@@](=O)C12CCNCC2. The number of nitrogens with zero attached hydrogens (tertiary/aromatic N) is 1. The van der Waals surface area contributed by atoms with E-state index in [1.165, 1.54) is 0 Å². The molecule has 0 aromatic heterocycles. The van der Waals surface area contributed by atoms with Gasteiger partial charge in [-0.3, -0.25) is 9.00 Å². The molecule has 2 aliphatic heterocycles. The molecule has 13 heavy (non-hydrogen) atoms. The maximum absolute atomic E-state index is 11.8. The predicted molar refractivity (Wildman–Crippen MR) is 50.6 cm³/mol. The summed E-state index contributed by atoms with van der Waals surface area (Å²) in [6, 6.07) is 0. The van der Waals surface area contributed by atoms with Crippen LogP contribution >= 0.6 is 0 Å². The van der Waals surface area contributed by atoms with E-state index in [0.29, 0.717) is 0 Å². The number of amides is 1. The average Bonchev–Trinajstić information content (AvgIpc) is 2.34. The van der Waals surface area contributed by atoms with Gasteiger partial charge in [0.1, 0.15) is 10.6 Å². The first kappa shape index (κ1) is 9.15. The van der Waals surface area contributed by atoms with Crippen molar-refractivity contribution in [3.63, 3.8) is 0 Å². The second-order valence-electron chi connectivity index (χ2n) is 3.64. The molecule has 0 aromatic rings. The van der Waals surface area contributed by atoms with E-state index in [1.54, 1.807) is 11.9 Å². The van der Waals surface area contributed by atoms with Crippen molar-refractivity contribution in [3.05, 3.63) is 0 Å². The van der Waals surface area contributed by atoms with Crippen molar-refractivity contribution in [2.24, 2.45) is 0 Å². The highest BCUT2D eigenvalue weighted by molar-refractivity contribution is 7.87. The summed E-state index contributed by atoms with van der Waals surface area (Å²) in [6.07, 6.45) is 1.64. The molecule has 2 fully saturated rings. The van der Waals surface area contributed by atoms with Gasteiger partial charge in [0.25, 0.3) is 0 Å². The molecule has 74 valence electrons. The lowest BCUT2D eigenvalue weighted by molar-refractivity contribution is -0.129. The molecule has 0 unspecified atom stereocenters. The Morgan fingerprint density at radius 3 is 2.54 bits per heavy atom. The topological polar surface area (TPSA) is 49.4 Å². The van der Waals surface area contributed by atoms with Crippen molar-refractivity contribution in [2.75, 3.05) is 25.9 Å². The molecule has 0 aromatic carbocycles. The van der Waals surface area contributed by atoms with Gasteiger partial charge in [0.15, 0.2) is 0 Å². The van der Waals surface area contributed by atoms with Gasteiger partial charge >= 0.3 is 0 Å². The van der Waals surface area contributed by atoms with Gasteiger partial charge in [-0.15, -0.1) is 0 Å². The summed E-state index contributed by atoms with van der Waals surface area (Å²) in [5, 5.41) is 3.22. The van der Waals surface area contributed by atoms with E-state index in [2.05, 4.69) is 5.32 Å². The number of nitrogens with one attached hydrogen (secondary N) is 1. The third-order valence-electron chi connectivity index (χ3n) is 3.05. The van der Waals surface area contributed by atoms with Crippen molar-refractivity contribution >= 4 is 16.7 Å². The minimum Gasteiger partial charge on any atom is -0.328 e. The Balaban J connectivity index is 2.28. The van der Waals surface area contributed by atoms with Crippen LogP contribution in [0.4, 0.5) is 0 Å². The lowest BCUT2D eigenvalue weighted by Crippen LogP contribution is -2.52. The molecule has 2 saturated heterocycles. The number of rotatable bonds is 0. The normalized spacial score (nSPS) is 32.8. The highest BCUT2D eigenvalue weighted by Gasteiger charge is 2.49. The molecule has 5 heteroatoms. The lowest BCUT2D eigenvalue weighted by atomic mass is 10.0. The molecule has 0 radical (unpaired) electrons. The van der Waals surface area contributed by atoms with Crippen LogP contribution in [0.1, 0.15) is 12.8 Å². The van der Waals surface area contributed by atoms with Crippen LogP contribution in [0.25, 0.3) is 0 Å². The Morgan fingerprint density at radius 2 is 2.08 bits per heavy atom. The third kappa shape index (κ3) is 1.21. The zero-order chi connectivity index (χ0) is 9.47. The van der Waals surface area contributed by atoms with Gasteiger partial charge in [-0.25, -0.2) is 0 Å². The van der Waals surface area contributed by atoms with Gasteiger partial charge in [0, 0.05) is 7.05 Å². The summed E-state index contributed by atoms with van der Waals surface area (Å²) in [7, 11) is 0.785. The van der Waals surface area contributed by atoms with Crippen LogP contribution in [0, 0.1) is 0 Å². The first-order valence-electron chi connectivity index (χ1n) is 4.53. The van der Waals surface area contributed by atoms with Crippen molar-refractivity contribution in [1.29, 1.82) is 0 Å². The summed E-state index contributed by atoms with van der Waals surface area (Å²) in [6.45, 7) is 1.73. The monoisotopic (exact) mass is 202 g/mol. The molecule has 2 heterocycles. The fraction of sp³-hybridized carbons (Fsp3) is 0.875. The molecule has 2 rings (SSSR count). The van der Waals surface area contributed by atoms with Crippen LogP contribution in [-0.4, -0.2) is 45.8 Å². The highest BCUT2D eigenvalue weighted by Crippen LogP contribution is 2.33. The van der Waals surface area contributed by atoms with Gasteiger partial charge in [-0.05, 0) is 25.9 Å². The van der Waals surface area contributed by atoms with Gasteiger partial charge < -0.3 is 10.2 Å². The molecule has 1 atom stereocenters. The fourth-order valence-electron chi connectivity index (χ4n) is 2.10. The van der Waals surface area contributed by atoms with Crippen molar-refractivity contribution < 1.29 is 9.00 Å². The maximum atomic E-state index is 11.8. The summed E-state index contributed by atoms with van der Waals surface area (Å²) < 4.78 is 11.8. The molecule has 1 spiro atoms. The number of hydrogen-bond donors (Lipinski definition) is 1.